The molecule has 1 aromatic rings. The number of carbonyl (C=O) groups excluding carboxylic acids is 2. The molecule has 0 spiro atoms. The van der Waals surface area contributed by atoms with Crippen LogP contribution in [-0.4, -0.2) is 96.5 Å². The summed E-state index contributed by atoms with van der Waals surface area (Å²) in [6, 6.07) is -0.0860. The number of nitrogens with zero attached hydrogens (tertiary/aromatic N) is 6. The Hall–Kier alpha value is -2.26. The van der Waals surface area contributed by atoms with E-state index in [9.17, 15) is 9.59 Å². The van der Waals surface area contributed by atoms with Crippen LogP contribution < -0.4 is 4.90 Å². The van der Waals surface area contributed by atoms with Crippen molar-refractivity contribution in [3.05, 3.63) is 17.1 Å². The van der Waals surface area contributed by atoms with Crippen molar-refractivity contribution in [3.63, 3.8) is 0 Å². The number of amides is 2. The number of rotatable bonds is 4. The van der Waals surface area contributed by atoms with Crippen molar-refractivity contribution in [2.75, 3.05) is 64.9 Å². The van der Waals surface area contributed by atoms with Gasteiger partial charge < -0.3 is 19.4 Å². The third-order valence-electron chi connectivity index (χ3n) is 6.51. The van der Waals surface area contributed by atoms with Crippen molar-refractivity contribution in [1.82, 2.24) is 24.7 Å². The van der Waals surface area contributed by atoms with E-state index in [-0.39, 0.29) is 17.9 Å². The zero-order valence-electron chi connectivity index (χ0n) is 19.0. The average Bonchev–Trinajstić information content (AvgIpc) is 2.78. The number of anilines is 1. The van der Waals surface area contributed by atoms with Gasteiger partial charge in [-0.1, -0.05) is 0 Å². The number of hydrogen-bond donors (Lipinski definition) is 0. The van der Waals surface area contributed by atoms with Gasteiger partial charge in [-0.15, -0.1) is 0 Å². The van der Waals surface area contributed by atoms with Gasteiger partial charge in [0, 0.05) is 59.2 Å². The van der Waals surface area contributed by atoms with Crippen LogP contribution in [0, 0.1) is 0 Å². The lowest BCUT2D eigenvalue weighted by Crippen LogP contribution is -2.47. The molecule has 31 heavy (non-hydrogen) atoms. The lowest BCUT2D eigenvalue weighted by atomic mass is 9.99. The van der Waals surface area contributed by atoms with Crippen LogP contribution in [0.3, 0.4) is 0 Å². The highest BCUT2D eigenvalue weighted by molar-refractivity contribution is 5.79. The minimum atomic E-state index is -0.0860. The molecular weight excluding hydrogens is 396 g/mol. The molecule has 3 aliphatic heterocycles. The molecule has 4 heterocycles. The van der Waals surface area contributed by atoms with Gasteiger partial charge >= 0.3 is 0 Å². The van der Waals surface area contributed by atoms with Crippen molar-refractivity contribution < 1.29 is 14.3 Å². The summed E-state index contributed by atoms with van der Waals surface area (Å²) in [5.41, 5.74) is 2.04. The first-order valence-corrected chi connectivity index (χ1v) is 11.4. The summed E-state index contributed by atoms with van der Waals surface area (Å²) in [5.74, 6) is 1.83. The third-order valence-corrected chi connectivity index (χ3v) is 6.51. The maximum Gasteiger partial charge on any atom is 0.237 e. The van der Waals surface area contributed by atoms with Gasteiger partial charge in [0.2, 0.25) is 11.8 Å². The molecule has 0 saturated carbocycles. The standard InChI is InChI=1S/C22H34N6O3/c1-16(29)27-9-7-18-17(14-27)22(25(2)3)24-21(23-18)19-6-4-5-8-28(19)20(30)15-26-10-12-31-13-11-26/h19H,4-15H2,1-3H3/t19-/m1/s1. The molecule has 2 amide bonds. The zero-order chi connectivity index (χ0) is 22.0. The summed E-state index contributed by atoms with van der Waals surface area (Å²) in [6.07, 6.45) is 3.70. The Balaban J connectivity index is 1.59. The maximum absolute atomic E-state index is 13.2. The quantitative estimate of drug-likeness (QED) is 0.700. The normalized spacial score (nSPS) is 22.2. The Labute approximate surface area is 184 Å². The fourth-order valence-electron chi connectivity index (χ4n) is 4.74. The molecule has 170 valence electrons. The second-order valence-electron chi connectivity index (χ2n) is 8.90. The molecule has 3 aliphatic rings. The van der Waals surface area contributed by atoms with Crippen molar-refractivity contribution in [1.29, 1.82) is 0 Å². The topological polar surface area (TPSA) is 82.1 Å². The van der Waals surface area contributed by atoms with Gasteiger partial charge in [0.05, 0.1) is 38.0 Å². The number of piperidine rings is 1. The smallest absolute Gasteiger partial charge is 0.237 e. The molecule has 0 N–H and O–H groups in total. The summed E-state index contributed by atoms with van der Waals surface area (Å²) < 4.78 is 5.41. The summed E-state index contributed by atoms with van der Waals surface area (Å²) in [5, 5.41) is 0. The van der Waals surface area contributed by atoms with E-state index in [2.05, 4.69) is 4.90 Å². The molecule has 9 heteroatoms. The minimum absolute atomic E-state index is 0.0756. The van der Waals surface area contributed by atoms with Crippen LogP contribution >= 0.6 is 0 Å². The van der Waals surface area contributed by atoms with Crippen LogP contribution in [0.15, 0.2) is 0 Å². The van der Waals surface area contributed by atoms with E-state index in [1.54, 1.807) is 6.92 Å². The number of fused-ring (bicyclic) bond motifs is 1. The van der Waals surface area contributed by atoms with E-state index in [0.717, 1.165) is 68.2 Å². The monoisotopic (exact) mass is 430 g/mol. The summed E-state index contributed by atoms with van der Waals surface area (Å²) in [7, 11) is 3.95. The fraction of sp³-hybridized carbons (Fsp3) is 0.727. The van der Waals surface area contributed by atoms with Crippen LogP contribution in [0.2, 0.25) is 0 Å². The van der Waals surface area contributed by atoms with Crippen molar-refractivity contribution in [2.45, 2.75) is 45.2 Å². The highest BCUT2D eigenvalue weighted by atomic mass is 16.5. The van der Waals surface area contributed by atoms with E-state index in [4.69, 9.17) is 14.7 Å². The third kappa shape index (κ3) is 4.82. The second-order valence-corrected chi connectivity index (χ2v) is 8.90. The predicted molar refractivity (Wildman–Crippen MR) is 117 cm³/mol. The molecule has 0 bridgehead atoms. The molecule has 1 aromatic heterocycles. The SMILES string of the molecule is CC(=O)N1CCc2nc([C@H]3CCCCN3C(=O)CN3CCOCC3)nc(N(C)C)c2C1. The molecule has 0 aliphatic carbocycles. The first-order valence-electron chi connectivity index (χ1n) is 11.4. The molecular formula is C22H34N6O3. The van der Waals surface area contributed by atoms with Crippen LogP contribution in [0.25, 0.3) is 0 Å². The number of hydrogen-bond acceptors (Lipinski definition) is 7. The number of likely N-dealkylation sites (tertiary alicyclic amines) is 1. The van der Waals surface area contributed by atoms with E-state index >= 15 is 0 Å². The molecule has 4 rings (SSSR count). The van der Waals surface area contributed by atoms with Crippen LogP contribution in [0.5, 0.6) is 0 Å². The molecule has 2 saturated heterocycles. The highest BCUT2D eigenvalue weighted by Crippen LogP contribution is 2.33. The van der Waals surface area contributed by atoms with Gasteiger partial charge in [0.1, 0.15) is 5.82 Å². The summed E-state index contributed by atoms with van der Waals surface area (Å²) in [4.78, 5) is 43.0. The average molecular weight is 431 g/mol. The van der Waals surface area contributed by atoms with Crippen LogP contribution in [0.1, 0.15) is 49.3 Å². The lowest BCUT2D eigenvalue weighted by molar-refractivity contribution is -0.137. The first kappa shape index (κ1) is 22.0. The van der Waals surface area contributed by atoms with Crippen LogP contribution in [-0.2, 0) is 27.3 Å². The van der Waals surface area contributed by atoms with Crippen molar-refractivity contribution >= 4 is 17.6 Å². The predicted octanol–water partition coefficient (Wildman–Crippen LogP) is 0.833. The molecule has 2 fully saturated rings. The van der Waals surface area contributed by atoms with Gasteiger partial charge in [0.15, 0.2) is 5.82 Å². The Morgan fingerprint density at radius 1 is 1.10 bits per heavy atom. The number of morpholine rings is 1. The Kier molecular flexibility index (Phi) is 6.71. The Bertz CT molecular complexity index is 824. The van der Waals surface area contributed by atoms with E-state index in [0.29, 0.717) is 32.8 Å². The number of ether oxygens (including phenoxy) is 1. The fourth-order valence-corrected chi connectivity index (χ4v) is 4.74. The van der Waals surface area contributed by atoms with Gasteiger partial charge in [-0.3, -0.25) is 14.5 Å². The zero-order valence-corrected chi connectivity index (χ0v) is 19.0. The lowest BCUT2D eigenvalue weighted by Gasteiger charge is -2.38. The van der Waals surface area contributed by atoms with E-state index in [1.165, 1.54) is 0 Å². The highest BCUT2D eigenvalue weighted by Gasteiger charge is 2.33. The number of carbonyl (C=O) groups is 2. The van der Waals surface area contributed by atoms with Crippen molar-refractivity contribution in [3.8, 4) is 0 Å². The second kappa shape index (κ2) is 9.48. The molecule has 0 aromatic carbocycles. The molecule has 1 atom stereocenters. The van der Waals surface area contributed by atoms with Gasteiger partial charge in [-0.2, -0.15) is 0 Å². The molecule has 0 radical (unpaired) electrons. The minimum Gasteiger partial charge on any atom is -0.379 e. The molecule has 0 unspecified atom stereocenters. The van der Waals surface area contributed by atoms with Gasteiger partial charge in [-0.25, -0.2) is 9.97 Å². The maximum atomic E-state index is 13.2. The summed E-state index contributed by atoms with van der Waals surface area (Å²) in [6.45, 7) is 6.99. The van der Waals surface area contributed by atoms with E-state index in [1.807, 2.05) is 28.8 Å². The van der Waals surface area contributed by atoms with Gasteiger partial charge in [0.25, 0.3) is 0 Å². The van der Waals surface area contributed by atoms with Gasteiger partial charge in [-0.05, 0) is 19.3 Å². The largest absolute Gasteiger partial charge is 0.379 e. The van der Waals surface area contributed by atoms with E-state index < -0.39 is 0 Å². The molecule has 9 nitrogen and oxygen atoms in total. The van der Waals surface area contributed by atoms with Crippen LogP contribution in [0.4, 0.5) is 5.82 Å². The summed E-state index contributed by atoms with van der Waals surface area (Å²) >= 11 is 0. The first-order chi connectivity index (χ1) is 14.9. The number of aromatic nitrogens is 2. The van der Waals surface area contributed by atoms with Crippen molar-refractivity contribution in [2.24, 2.45) is 0 Å². The Morgan fingerprint density at radius 2 is 1.87 bits per heavy atom. The Morgan fingerprint density at radius 3 is 2.58 bits per heavy atom.